The van der Waals surface area contributed by atoms with E-state index in [1.807, 2.05) is 11.8 Å². The van der Waals surface area contributed by atoms with E-state index in [2.05, 4.69) is 26.5 Å². The number of rotatable bonds is 0. The second-order valence-electron chi connectivity index (χ2n) is 4.93. The van der Waals surface area contributed by atoms with Crippen molar-refractivity contribution in [3.05, 3.63) is 9.81 Å². The molecule has 0 aromatic carbocycles. The van der Waals surface area contributed by atoms with Gasteiger partial charge in [0, 0.05) is 14.9 Å². The van der Waals surface area contributed by atoms with Crippen molar-refractivity contribution in [2.75, 3.05) is 0 Å². The van der Waals surface area contributed by atoms with Gasteiger partial charge >= 0.3 is 0 Å². The molecular formula is C11H16S2. The van der Waals surface area contributed by atoms with Crippen LogP contribution in [0.1, 0.15) is 33.1 Å². The lowest BCUT2D eigenvalue weighted by Gasteiger charge is -2.31. The molecule has 0 N–H and O–H groups in total. The SMILES string of the molecule is CC1C2=C(S)SC(C)C23CCC1C3. The fourth-order valence-electron chi connectivity index (χ4n) is 3.82. The molecule has 0 radical (unpaired) electrons. The zero-order chi connectivity index (χ0) is 9.22. The molecule has 3 aliphatic rings. The van der Waals surface area contributed by atoms with E-state index in [-0.39, 0.29) is 0 Å². The Morgan fingerprint density at radius 3 is 2.92 bits per heavy atom. The van der Waals surface area contributed by atoms with E-state index >= 15 is 0 Å². The van der Waals surface area contributed by atoms with Crippen LogP contribution in [0.3, 0.4) is 0 Å². The Balaban J connectivity index is 2.14. The van der Waals surface area contributed by atoms with Gasteiger partial charge in [-0.25, -0.2) is 0 Å². The number of thiol groups is 1. The zero-order valence-electron chi connectivity index (χ0n) is 8.21. The predicted molar refractivity (Wildman–Crippen MR) is 62.0 cm³/mol. The van der Waals surface area contributed by atoms with Crippen molar-refractivity contribution in [1.29, 1.82) is 0 Å². The van der Waals surface area contributed by atoms with Gasteiger partial charge in [-0.3, -0.25) is 0 Å². The second kappa shape index (κ2) is 2.52. The average molecular weight is 212 g/mol. The molecule has 2 heteroatoms. The number of allylic oxidation sites excluding steroid dienone is 1. The minimum absolute atomic E-state index is 0.589. The summed E-state index contributed by atoms with van der Waals surface area (Å²) in [4.78, 5) is 0. The first-order chi connectivity index (χ1) is 6.15. The van der Waals surface area contributed by atoms with E-state index in [0.29, 0.717) is 5.41 Å². The van der Waals surface area contributed by atoms with Crippen molar-refractivity contribution in [2.24, 2.45) is 17.3 Å². The molecule has 72 valence electrons. The number of hydrogen-bond donors (Lipinski definition) is 1. The Labute approximate surface area is 90.0 Å². The van der Waals surface area contributed by atoms with E-state index in [1.54, 1.807) is 5.57 Å². The second-order valence-corrected chi connectivity index (χ2v) is 7.03. The summed E-state index contributed by atoms with van der Waals surface area (Å²) in [5.74, 6) is 1.82. The maximum absolute atomic E-state index is 4.66. The summed E-state index contributed by atoms with van der Waals surface area (Å²) >= 11 is 6.67. The van der Waals surface area contributed by atoms with Gasteiger partial charge in [-0.05, 0) is 36.7 Å². The van der Waals surface area contributed by atoms with Crippen LogP contribution < -0.4 is 0 Å². The van der Waals surface area contributed by atoms with Gasteiger partial charge in [0.15, 0.2) is 0 Å². The Morgan fingerprint density at radius 2 is 2.23 bits per heavy atom. The van der Waals surface area contributed by atoms with Crippen LogP contribution in [0.5, 0.6) is 0 Å². The van der Waals surface area contributed by atoms with Crippen LogP contribution in [0.25, 0.3) is 0 Å². The van der Waals surface area contributed by atoms with Crippen LogP contribution in [0, 0.1) is 17.3 Å². The fourth-order valence-corrected chi connectivity index (χ4v) is 6.13. The highest BCUT2D eigenvalue weighted by atomic mass is 32.2. The topological polar surface area (TPSA) is 0 Å². The molecule has 1 heterocycles. The molecule has 1 aliphatic heterocycles. The highest BCUT2D eigenvalue weighted by Crippen LogP contribution is 2.70. The van der Waals surface area contributed by atoms with E-state index in [9.17, 15) is 0 Å². The molecule has 2 saturated carbocycles. The molecule has 0 amide bonds. The lowest BCUT2D eigenvalue weighted by atomic mass is 9.75. The maximum Gasteiger partial charge on any atom is 0.0374 e. The van der Waals surface area contributed by atoms with Gasteiger partial charge in [-0.15, -0.1) is 24.4 Å². The molecule has 0 saturated heterocycles. The van der Waals surface area contributed by atoms with Crippen LogP contribution >= 0.6 is 24.4 Å². The third-order valence-electron chi connectivity index (χ3n) is 4.58. The Hall–Kier alpha value is 0.440. The lowest BCUT2D eigenvalue weighted by molar-refractivity contribution is 0.365. The van der Waals surface area contributed by atoms with Crippen LogP contribution in [0.4, 0.5) is 0 Å². The first kappa shape index (κ1) is 8.72. The maximum atomic E-state index is 4.66. The summed E-state index contributed by atoms with van der Waals surface area (Å²) in [5.41, 5.74) is 2.32. The third-order valence-corrected chi connectivity index (χ3v) is 6.39. The standard InChI is InChI=1S/C11H16S2/c1-6-8-3-4-11(5-8)7(2)13-10(12)9(6)11/h6-8,12H,3-5H2,1-2H3. The summed E-state index contributed by atoms with van der Waals surface area (Å²) in [6.07, 6.45) is 4.37. The monoisotopic (exact) mass is 212 g/mol. The van der Waals surface area contributed by atoms with Crippen LogP contribution in [0.2, 0.25) is 0 Å². The summed E-state index contributed by atoms with van der Waals surface area (Å²) in [7, 11) is 0. The lowest BCUT2D eigenvalue weighted by Crippen LogP contribution is -2.26. The Kier molecular flexibility index (Phi) is 1.69. The van der Waals surface area contributed by atoms with Crippen LogP contribution in [-0.2, 0) is 0 Å². The predicted octanol–water partition coefficient (Wildman–Crippen LogP) is 3.70. The molecule has 3 rings (SSSR count). The fraction of sp³-hybridized carbons (Fsp3) is 0.818. The van der Waals surface area contributed by atoms with Gasteiger partial charge in [0.2, 0.25) is 0 Å². The van der Waals surface area contributed by atoms with E-state index in [0.717, 1.165) is 17.1 Å². The van der Waals surface area contributed by atoms with Gasteiger partial charge < -0.3 is 0 Å². The first-order valence-electron chi connectivity index (χ1n) is 5.25. The van der Waals surface area contributed by atoms with Crippen molar-refractivity contribution < 1.29 is 0 Å². The summed E-state index contributed by atoms with van der Waals surface area (Å²) in [5, 5.41) is 0.796. The van der Waals surface area contributed by atoms with Gasteiger partial charge in [0.05, 0.1) is 0 Å². The highest BCUT2D eigenvalue weighted by Gasteiger charge is 2.58. The van der Waals surface area contributed by atoms with Gasteiger partial charge in [-0.2, -0.15) is 0 Å². The third kappa shape index (κ3) is 0.872. The van der Waals surface area contributed by atoms with Crippen molar-refractivity contribution in [3.63, 3.8) is 0 Å². The molecule has 2 fully saturated rings. The summed E-state index contributed by atoms with van der Waals surface area (Å²) < 4.78 is 1.36. The van der Waals surface area contributed by atoms with Crippen LogP contribution in [0.15, 0.2) is 9.81 Å². The van der Waals surface area contributed by atoms with Crippen LogP contribution in [-0.4, -0.2) is 5.25 Å². The summed E-state index contributed by atoms with van der Waals surface area (Å²) in [6.45, 7) is 4.81. The largest absolute Gasteiger partial charge is 0.137 e. The van der Waals surface area contributed by atoms with E-state index in [1.165, 1.54) is 23.5 Å². The Bertz CT molecular complexity index is 294. The molecule has 4 unspecified atom stereocenters. The summed E-state index contributed by atoms with van der Waals surface area (Å²) in [6, 6.07) is 0. The number of hydrogen-bond acceptors (Lipinski definition) is 2. The van der Waals surface area contributed by atoms with Crippen molar-refractivity contribution in [2.45, 2.75) is 38.4 Å². The molecule has 2 aliphatic carbocycles. The normalized spacial score (nSPS) is 53.3. The zero-order valence-corrected chi connectivity index (χ0v) is 9.92. The van der Waals surface area contributed by atoms with Gasteiger partial charge in [-0.1, -0.05) is 13.8 Å². The quantitative estimate of drug-likeness (QED) is 0.597. The number of thioether (sulfide) groups is 1. The molecular weight excluding hydrogens is 196 g/mol. The van der Waals surface area contributed by atoms with Gasteiger partial charge in [0.1, 0.15) is 0 Å². The molecule has 0 nitrogen and oxygen atoms in total. The van der Waals surface area contributed by atoms with Crippen molar-refractivity contribution >= 4 is 24.4 Å². The minimum atomic E-state index is 0.589. The molecule has 0 aromatic rings. The molecule has 4 atom stereocenters. The average Bonchev–Trinajstić information content (AvgIpc) is 2.66. The molecule has 13 heavy (non-hydrogen) atoms. The van der Waals surface area contributed by atoms with Crippen molar-refractivity contribution in [1.82, 2.24) is 0 Å². The van der Waals surface area contributed by atoms with Gasteiger partial charge in [0.25, 0.3) is 0 Å². The molecule has 0 aromatic heterocycles. The molecule has 2 bridgehead atoms. The first-order valence-corrected chi connectivity index (χ1v) is 6.58. The molecule has 1 spiro atoms. The van der Waals surface area contributed by atoms with E-state index < -0.39 is 0 Å². The minimum Gasteiger partial charge on any atom is -0.137 e. The smallest absolute Gasteiger partial charge is 0.0374 e. The number of fused-ring (bicyclic) bond motifs is 1. The van der Waals surface area contributed by atoms with Crippen molar-refractivity contribution in [3.8, 4) is 0 Å². The highest BCUT2D eigenvalue weighted by molar-refractivity contribution is 8.16. The van der Waals surface area contributed by atoms with E-state index in [4.69, 9.17) is 0 Å². The Morgan fingerprint density at radius 1 is 1.46 bits per heavy atom.